The predicted octanol–water partition coefficient (Wildman–Crippen LogP) is 2.11. The molecule has 0 aliphatic rings. The molecule has 0 heterocycles. The molecular weight excluding hydrogens is 112 g/mol. The molecule has 0 aromatic carbocycles. The number of unbranched alkanes of at least 4 members (excludes halogenated alkanes) is 2. The molecule has 0 aromatic heterocycles. The van der Waals surface area contributed by atoms with Gasteiger partial charge in [-0.2, -0.15) is 0 Å². The van der Waals surface area contributed by atoms with E-state index in [0.717, 1.165) is 25.7 Å². The van der Waals surface area contributed by atoms with Crippen molar-refractivity contribution in [1.82, 2.24) is 0 Å². The summed E-state index contributed by atoms with van der Waals surface area (Å²) < 4.78 is 0. The average molecular weight is 128 g/mol. The van der Waals surface area contributed by atoms with E-state index in [-0.39, 0.29) is 6.10 Å². The molecule has 1 unspecified atom stereocenters. The standard InChI is InChI=1S/C8H16O/c1-3-4-5-6-7-8(2)9/h3,8-9H,1,4-7H2,2H3. The van der Waals surface area contributed by atoms with Gasteiger partial charge in [-0.3, -0.25) is 0 Å². The van der Waals surface area contributed by atoms with Gasteiger partial charge >= 0.3 is 0 Å². The van der Waals surface area contributed by atoms with Crippen LogP contribution in [0.2, 0.25) is 0 Å². The Kier molecular flexibility index (Phi) is 5.64. The zero-order valence-corrected chi connectivity index (χ0v) is 6.14. The van der Waals surface area contributed by atoms with Crippen LogP contribution in [0.15, 0.2) is 12.7 Å². The summed E-state index contributed by atoms with van der Waals surface area (Å²) in [6.07, 6.45) is 6.07. The SMILES string of the molecule is C=CCCCCC(C)O. The summed E-state index contributed by atoms with van der Waals surface area (Å²) in [5.74, 6) is 0. The second-order valence-electron chi connectivity index (χ2n) is 2.42. The molecule has 0 bridgehead atoms. The Morgan fingerprint density at radius 2 is 2.22 bits per heavy atom. The number of aliphatic hydroxyl groups is 1. The number of hydrogen-bond donors (Lipinski definition) is 1. The molecular formula is C8H16O. The van der Waals surface area contributed by atoms with Crippen LogP contribution in [-0.4, -0.2) is 11.2 Å². The lowest BCUT2D eigenvalue weighted by atomic mass is 10.1. The van der Waals surface area contributed by atoms with E-state index in [0.29, 0.717) is 0 Å². The van der Waals surface area contributed by atoms with Crippen molar-refractivity contribution in [3.63, 3.8) is 0 Å². The van der Waals surface area contributed by atoms with Gasteiger partial charge in [-0.15, -0.1) is 6.58 Å². The molecule has 0 amide bonds. The monoisotopic (exact) mass is 128 g/mol. The highest BCUT2D eigenvalue weighted by Crippen LogP contribution is 2.02. The van der Waals surface area contributed by atoms with Gasteiger partial charge in [-0.25, -0.2) is 0 Å². The maximum atomic E-state index is 8.83. The zero-order valence-electron chi connectivity index (χ0n) is 6.14. The molecule has 9 heavy (non-hydrogen) atoms. The fourth-order valence-electron chi connectivity index (χ4n) is 0.728. The first-order valence-electron chi connectivity index (χ1n) is 3.56. The number of rotatable bonds is 5. The lowest BCUT2D eigenvalue weighted by Gasteiger charge is -2.00. The van der Waals surface area contributed by atoms with Crippen molar-refractivity contribution in [2.45, 2.75) is 38.7 Å². The van der Waals surface area contributed by atoms with Crippen LogP contribution in [0.1, 0.15) is 32.6 Å². The first-order chi connectivity index (χ1) is 4.27. The van der Waals surface area contributed by atoms with Crippen LogP contribution in [0, 0.1) is 0 Å². The van der Waals surface area contributed by atoms with Crippen LogP contribution >= 0.6 is 0 Å². The van der Waals surface area contributed by atoms with E-state index in [2.05, 4.69) is 6.58 Å². The van der Waals surface area contributed by atoms with Crippen molar-refractivity contribution in [3.05, 3.63) is 12.7 Å². The van der Waals surface area contributed by atoms with Crippen molar-refractivity contribution in [2.24, 2.45) is 0 Å². The van der Waals surface area contributed by atoms with Crippen LogP contribution in [0.4, 0.5) is 0 Å². The molecule has 0 fully saturated rings. The van der Waals surface area contributed by atoms with Crippen LogP contribution < -0.4 is 0 Å². The fourth-order valence-corrected chi connectivity index (χ4v) is 0.728. The van der Waals surface area contributed by atoms with E-state index in [1.165, 1.54) is 0 Å². The second-order valence-corrected chi connectivity index (χ2v) is 2.42. The summed E-state index contributed by atoms with van der Waals surface area (Å²) in [7, 11) is 0. The highest BCUT2D eigenvalue weighted by Gasteiger charge is 1.92. The average Bonchev–Trinajstić information content (AvgIpc) is 1.80. The Balaban J connectivity index is 2.82. The first-order valence-corrected chi connectivity index (χ1v) is 3.56. The summed E-state index contributed by atoms with van der Waals surface area (Å²) in [5, 5.41) is 8.83. The Morgan fingerprint density at radius 3 is 2.67 bits per heavy atom. The van der Waals surface area contributed by atoms with E-state index >= 15 is 0 Å². The van der Waals surface area contributed by atoms with E-state index in [4.69, 9.17) is 5.11 Å². The van der Waals surface area contributed by atoms with Gasteiger partial charge in [-0.05, 0) is 26.2 Å². The Hall–Kier alpha value is -0.300. The maximum absolute atomic E-state index is 8.83. The highest BCUT2D eigenvalue weighted by molar-refractivity contribution is 4.65. The van der Waals surface area contributed by atoms with Crippen molar-refractivity contribution >= 4 is 0 Å². The van der Waals surface area contributed by atoms with E-state index in [1.807, 2.05) is 13.0 Å². The molecule has 0 saturated carbocycles. The lowest BCUT2D eigenvalue weighted by molar-refractivity contribution is 0.181. The quantitative estimate of drug-likeness (QED) is 0.444. The van der Waals surface area contributed by atoms with E-state index in [1.54, 1.807) is 0 Å². The number of allylic oxidation sites excluding steroid dienone is 1. The topological polar surface area (TPSA) is 20.2 Å². The van der Waals surface area contributed by atoms with Gasteiger partial charge in [0, 0.05) is 0 Å². The predicted molar refractivity (Wildman–Crippen MR) is 40.3 cm³/mol. The largest absolute Gasteiger partial charge is 0.393 e. The third kappa shape index (κ3) is 7.70. The molecule has 1 N–H and O–H groups in total. The van der Waals surface area contributed by atoms with Crippen LogP contribution in [-0.2, 0) is 0 Å². The lowest BCUT2D eigenvalue weighted by Crippen LogP contribution is -1.97. The van der Waals surface area contributed by atoms with Crippen LogP contribution in [0.5, 0.6) is 0 Å². The second kappa shape index (κ2) is 5.83. The summed E-state index contributed by atoms with van der Waals surface area (Å²) in [4.78, 5) is 0. The van der Waals surface area contributed by atoms with Crippen molar-refractivity contribution in [2.75, 3.05) is 0 Å². The molecule has 54 valence electrons. The molecule has 0 aliphatic carbocycles. The highest BCUT2D eigenvalue weighted by atomic mass is 16.3. The van der Waals surface area contributed by atoms with Crippen molar-refractivity contribution in [3.8, 4) is 0 Å². The van der Waals surface area contributed by atoms with E-state index < -0.39 is 0 Å². The molecule has 1 nitrogen and oxygen atoms in total. The third-order valence-electron chi connectivity index (χ3n) is 1.28. The van der Waals surface area contributed by atoms with Gasteiger partial charge in [0.1, 0.15) is 0 Å². The van der Waals surface area contributed by atoms with E-state index in [9.17, 15) is 0 Å². The molecule has 0 saturated heterocycles. The first kappa shape index (κ1) is 8.70. The Labute approximate surface area is 57.4 Å². The third-order valence-corrected chi connectivity index (χ3v) is 1.28. The molecule has 1 heteroatoms. The Morgan fingerprint density at radius 1 is 1.56 bits per heavy atom. The van der Waals surface area contributed by atoms with Gasteiger partial charge in [0.25, 0.3) is 0 Å². The molecule has 0 aliphatic heterocycles. The minimum atomic E-state index is -0.130. The molecule has 0 aromatic rings. The van der Waals surface area contributed by atoms with Gasteiger partial charge in [0.2, 0.25) is 0 Å². The fraction of sp³-hybridized carbons (Fsp3) is 0.750. The molecule has 1 atom stereocenters. The minimum Gasteiger partial charge on any atom is -0.393 e. The summed E-state index contributed by atoms with van der Waals surface area (Å²) in [6.45, 7) is 5.44. The van der Waals surface area contributed by atoms with Gasteiger partial charge in [0.05, 0.1) is 6.10 Å². The van der Waals surface area contributed by atoms with Crippen molar-refractivity contribution < 1.29 is 5.11 Å². The van der Waals surface area contributed by atoms with Crippen molar-refractivity contribution in [1.29, 1.82) is 0 Å². The summed E-state index contributed by atoms with van der Waals surface area (Å²) in [6, 6.07) is 0. The van der Waals surface area contributed by atoms with Crippen LogP contribution in [0.3, 0.4) is 0 Å². The molecule has 0 radical (unpaired) electrons. The van der Waals surface area contributed by atoms with Crippen LogP contribution in [0.25, 0.3) is 0 Å². The molecule has 0 spiro atoms. The normalized spacial score (nSPS) is 13.1. The molecule has 0 rings (SSSR count). The van der Waals surface area contributed by atoms with Gasteiger partial charge in [0.15, 0.2) is 0 Å². The number of aliphatic hydroxyl groups excluding tert-OH is 1. The zero-order chi connectivity index (χ0) is 7.11. The Bertz CT molecular complexity index is 67.0. The summed E-state index contributed by atoms with van der Waals surface area (Å²) in [5.41, 5.74) is 0. The smallest absolute Gasteiger partial charge is 0.0512 e. The summed E-state index contributed by atoms with van der Waals surface area (Å²) >= 11 is 0. The van der Waals surface area contributed by atoms with Gasteiger partial charge in [-0.1, -0.05) is 12.5 Å². The maximum Gasteiger partial charge on any atom is 0.0512 e. The van der Waals surface area contributed by atoms with Gasteiger partial charge < -0.3 is 5.11 Å². The number of hydrogen-bond acceptors (Lipinski definition) is 1. The minimum absolute atomic E-state index is 0.130.